The Kier molecular flexibility index (Phi) is 7.26. The fourth-order valence-corrected chi connectivity index (χ4v) is 2.59. The minimum atomic E-state index is -0.464. The number of benzene rings is 2. The van der Waals surface area contributed by atoms with Crippen molar-refractivity contribution in [2.45, 2.75) is 0 Å². The predicted molar refractivity (Wildman–Crippen MR) is 114 cm³/mol. The zero-order chi connectivity index (χ0) is 22.1. The van der Waals surface area contributed by atoms with E-state index in [9.17, 15) is 9.59 Å². The number of anilines is 1. The van der Waals surface area contributed by atoms with Crippen LogP contribution in [0.25, 0.3) is 0 Å². The summed E-state index contributed by atoms with van der Waals surface area (Å²) >= 11 is 0. The third-order valence-electron chi connectivity index (χ3n) is 4.05. The monoisotopic (exact) mass is 423 g/mol. The SMILES string of the molecule is COc1ccccc1NC(=O)COc1ccc(/C=N\NC(=O)c2ccco2)cc1OC. The Morgan fingerprint density at radius 2 is 1.81 bits per heavy atom. The summed E-state index contributed by atoms with van der Waals surface area (Å²) in [5.41, 5.74) is 3.56. The van der Waals surface area contributed by atoms with Crippen LogP contribution in [0.1, 0.15) is 16.1 Å². The first-order chi connectivity index (χ1) is 15.1. The zero-order valence-corrected chi connectivity index (χ0v) is 17.0. The number of nitrogens with zero attached hydrogens (tertiary/aromatic N) is 1. The first-order valence-electron chi connectivity index (χ1n) is 9.21. The lowest BCUT2D eigenvalue weighted by molar-refractivity contribution is -0.118. The highest BCUT2D eigenvalue weighted by molar-refractivity contribution is 5.93. The lowest BCUT2D eigenvalue weighted by atomic mass is 10.2. The molecule has 2 amide bonds. The summed E-state index contributed by atoms with van der Waals surface area (Å²) in [6.07, 6.45) is 2.85. The number of para-hydroxylation sites is 2. The summed E-state index contributed by atoms with van der Waals surface area (Å²) in [5, 5.41) is 6.61. The minimum absolute atomic E-state index is 0.157. The van der Waals surface area contributed by atoms with Gasteiger partial charge in [0.2, 0.25) is 0 Å². The van der Waals surface area contributed by atoms with Crippen LogP contribution in [0.2, 0.25) is 0 Å². The van der Waals surface area contributed by atoms with Gasteiger partial charge in [-0.15, -0.1) is 0 Å². The Morgan fingerprint density at radius 3 is 2.55 bits per heavy atom. The summed E-state index contributed by atoms with van der Waals surface area (Å²) in [5.74, 6) is 0.689. The van der Waals surface area contributed by atoms with E-state index in [1.54, 1.807) is 42.5 Å². The molecule has 1 aromatic heterocycles. The van der Waals surface area contributed by atoms with Gasteiger partial charge in [0.25, 0.3) is 5.91 Å². The van der Waals surface area contributed by atoms with Crippen molar-refractivity contribution in [2.24, 2.45) is 5.10 Å². The average Bonchev–Trinajstić information content (AvgIpc) is 3.33. The summed E-state index contributed by atoms with van der Waals surface area (Å²) in [7, 11) is 3.01. The lowest BCUT2D eigenvalue weighted by Gasteiger charge is -2.12. The molecule has 0 atom stereocenters. The van der Waals surface area contributed by atoms with Gasteiger partial charge in [0.1, 0.15) is 5.75 Å². The van der Waals surface area contributed by atoms with Gasteiger partial charge in [-0.3, -0.25) is 9.59 Å². The number of hydrogen-bond acceptors (Lipinski definition) is 7. The molecule has 31 heavy (non-hydrogen) atoms. The molecule has 0 aliphatic carbocycles. The van der Waals surface area contributed by atoms with Crippen LogP contribution in [0.4, 0.5) is 5.69 Å². The van der Waals surface area contributed by atoms with Gasteiger partial charge in [0.15, 0.2) is 23.9 Å². The predicted octanol–water partition coefficient (Wildman–Crippen LogP) is 3.08. The zero-order valence-electron chi connectivity index (χ0n) is 17.0. The molecule has 160 valence electrons. The van der Waals surface area contributed by atoms with E-state index in [1.165, 1.54) is 32.8 Å². The molecule has 0 aliphatic heterocycles. The van der Waals surface area contributed by atoms with Crippen molar-refractivity contribution < 1.29 is 28.2 Å². The van der Waals surface area contributed by atoms with Crippen LogP contribution in [-0.2, 0) is 4.79 Å². The Balaban J connectivity index is 1.57. The minimum Gasteiger partial charge on any atom is -0.495 e. The van der Waals surface area contributed by atoms with Crippen molar-refractivity contribution >= 4 is 23.7 Å². The first-order valence-corrected chi connectivity index (χ1v) is 9.21. The second-order valence-corrected chi connectivity index (χ2v) is 6.12. The Hall–Kier alpha value is -4.27. The summed E-state index contributed by atoms with van der Waals surface area (Å²) in [6.45, 7) is -0.221. The topological polar surface area (TPSA) is 111 Å². The maximum atomic E-state index is 12.2. The Morgan fingerprint density at radius 1 is 1.00 bits per heavy atom. The van der Waals surface area contributed by atoms with Gasteiger partial charge in [-0.25, -0.2) is 5.43 Å². The largest absolute Gasteiger partial charge is 0.495 e. The molecule has 0 aliphatic rings. The number of furan rings is 1. The van der Waals surface area contributed by atoms with E-state index < -0.39 is 5.91 Å². The van der Waals surface area contributed by atoms with Crippen molar-refractivity contribution in [1.29, 1.82) is 0 Å². The molecule has 0 saturated carbocycles. The standard InChI is InChI=1S/C22H21N3O6/c1-28-17-7-4-3-6-16(17)24-21(26)14-31-18-10-9-15(12-20(18)29-2)13-23-25-22(27)19-8-5-11-30-19/h3-13H,14H2,1-2H3,(H,24,26)(H,25,27)/b23-13-. The quantitative estimate of drug-likeness (QED) is 0.404. The van der Waals surface area contributed by atoms with Crippen molar-refractivity contribution in [1.82, 2.24) is 5.43 Å². The molecule has 2 N–H and O–H groups in total. The van der Waals surface area contributed by atoms with Crippen LogP contribution >= 0.6 is 0 Å². The summed E-state index contributed by atoms with van der Waals surface area (Å²) < 4.78 is 21.1. The number of hydrazone groups is 1. The van der Waals surface area contributed by atoms with Crippen molar-refractivity contribution in [2.75, 3.05) is 26.1 Å². The third-order valence-corrected chi connectivity index (χ3v) is 4.05. The van der Waals surface area contributed by atoms with Gasteiger partial charge in [-0.2, -0.15) is 5.10 Å². The van der Waals surface area contributed by atoms with Gasteiger partial charge in [0, 0.05) is 0 Å². The van der Waals surface area contributed by atoms with E-state index in [-0.39, 0.29) is 18.3 Å². The lowest BCUT2D eigenvalue weighted by Crippen LogP contribution is -2.20. The highest BCUT2D eigenvalue weighted by Gasteiger charge is 2.11. The number of methoxy groups -OCH3 is 2. The van der Waals surface area contributed by atoms with E-state index in [2.05, 4.69) is 15.8 Å². The number of carbonyl (C=O) groups excluding carboxylic acids is 2. The fourth-order valence-electron chi connectivity index (χ4n) is 2.59. The third kappa shape index (κ3) is 5.86. The molecule has 3 rings (SSSR count). The number of amides is 2. The molecule has 0 saturated heterocycles. The molecule has 0 fully saturated rings. The van der Waals surface area contributed by atoms with Crippen LogP contribution in [0.5, 0.6) is 17.2 Å². The second-order valence-electron chi connectivity index (χ2n) is 6.12. The van der Waals surface area contributed by atoms with Gasteiger partial charge in [0.05, 0.1) is 32.4 Å². The Bertz CT molecular complexity index is 1060. The second kappa shape index (κ2) is 10.5. The van der Waals surface area contributed by atoms with Crippen molar-refractivity contribution in [3.05, 3.63) is 72.2 Å². The molecule has 1 heterocycles. The molecule has 9 heteroatoms. The number of nitrogens with one attached hydrogen (secondary N) is 2. The normalized spacial score (nSPS) is 10.5. The van der Waals surface area contributed by atoms with E-state index in [0.29, 0.717) is 28.5 Å². The number of rotatable bonds is 9. The van der Waals surface area contributed by atoms with Gasteiger partial charge in [-0.1, -0.05) is 12.1 Å². The molecule has 9 nitrogen and oxygen atoms in total. The summed E-state index contributed by atoms with van der Waals surface area (Å²) in [6, 6.07) is 15.2. The molecule has 3 aromatic rings. The maximum absolute atomic E-state index is 12.2. The van der Waals surface area contributed by atoms with Crippen LogP contribution in [0.15, 0.2) is 70.4 Å². The molecule has 0 spiro atoms. The highest BCUT2D eigenvalue weighted by Crippen LogP contribution is 2.28. The molecule has 0 bridgehead atoms. The summed E-state index contributed by atoms with van der Waals surface area (Å²) in [4.78, 5) is 24.0. The van der Waals surface area contributed by atoms with Gasteiger partial charge in [-0.05, 0) is 48.0 Å². The smallest absolute Gasteiger partial charge is 0.307 e. The average molecular weight is 423 g/mol. The van der Waals surface area contributed by atoms with E-state index in [4.69, 9.17) is 18.6 Å². The van der Waals surface area contributed by atoms with E-state index in [0.717, 1.165) is 0 Å². The van der Waals surface area contributed by atoms with Crippen LogP contribution < -0.4 is 25.0 Å². The molecule has 2 aromatic carbocycles. The van der Waals surface area contributed by atoms with E-state index in [1.807, 2.05) is 6.07 Å². The fraction of sp³-hybridized carbons (Fsp3) is 0.136. The van der Waals surface area contributed by atoms with Crippen molar-refractivity contribution in [3.63, 3.8) is 0 Å². The highest BCUT2D eigenvalue weighted by atomic mass is 16.5. The molecular weight excluding hydrogens is 402 g/mol. The number of carbonyl (C=O) groups is 2. The van der Waals surface area contributed by atoms with Crippen molar-refractivity contribution in [3.8, 4) is 17.2 Å². The molecular formula is C22H21N3O6. The van der Waals surface area contributed by atoms with Gasteiger partial charge >= 0.3 is 5.91 Å². The number of hydrogen-bond donors (Lipinski definition) is 2. The van der Waals surface area contributed by atoms with Gasteiger partial charge < -0.3 is 23.9 Å². The Labute approximate surface area is 178 Å². The first kappa shape index (κ1) is 21.4. The maximum Gasteiger partial charge on any atom is 0.307 e. The molecule has 0 unspecified atom stereocenters. The number of ether oxygens (including phenoxy) is 3. The molecule has 0 radical (unpaired) electrons. The van der Waals surface area contributed by atoms with Crippen LogP contribution in [-0.4, -0.2) is 38.9 Å². The van der Waals surface area contributed by atoms with Crippen LogP contribution in [0, 0.1) is 0 Å². The van der Waals surface area contributed by atoms with E-state index >= 15 is 0 Å². The van der Waals surface area contributed by atoms with Crippen LogP contribution in [0.3, 0.4) is 0 Å².